The summed E-state index contributed by atoms with van der Waals surface area (Å²) in [6, 6.07) is 8.68. The van der Waals surface area contributed by atoms with Crippen molar-refractivity contribution >= 4 is 11.6 Å². The molecule has 1 aliphatic heterocycles. The van der Waals surface area contributed by atoms with E-state index in [0.29, 0.717) is 12.6 Å². The highest BCUT2D eigenvalue weighted by molar-refractivity contribution is 6.30. The lowest BCUT2D eigenvalue weighted by molar-refractivity contribution is 0.101. The van der Waals surface area contributed by atoms with Gasteiger partial charge < -0.3 is 10.0 Å². The van der Waals surface area contributed by atoms with Crippen molar-refractivity contribution in [2.24, 2.45) is 0 Å². The number of aliphatic hydroxyl groups is 1. The van der Waals surface area contributed by atoms with Gasteiger partial charge in [0.2, 0.25) is 0 Å². The molecule has 0 amide bonds. The van der Waals surface area contributed by atoms with E-state index in [-0.39, 0.29) is 0 Å². The van der Waals surface area contributed by atoms with Gasteiger partial charge in [0.1, 0.15) is 0 Å². The smallest absolute Gasteiger partial charge is 0.0431 e. The average molecular weight is 311 g/mol. The Bertz CT molecular complexity index is 402. The topological polar surface area (TPSA) is 26.7 Å². The number of benzene rings is 1. The third-order valence-corrected chi connectivity index (χ3v) is 4.69. The number of rotatable bonds is 7. The van der Waals surface area contributed by atoms with Crippen molar-refractivity contribution in [3.05, 3.63) is 34.9 Å². The molecule has 3 nitrogen and oxygen atoms in total. The molecule has 1 atom stereocenters. The standard InChI is InChI=1S/C17H27ClN2O/c1-15(16-5-7-17(18)8-6-16)20-12-10-19(11-13-20)9-3-2-4-14-21/h5-8,15,21H,2-4,9-14H2,1H3. The quantitative estimate of drug-likeness (QED) is 0.784. The van der Waals surface area contributed by atoms with Gasteiger partial charge in [0, 0.05) is 43.9 Å². The summed E-state index contributed by atoms with van der Waals surface area (Å²) >= 11 is 5.96. The number of halogens is 1. The highest BCUT2D eigenvalue weighted by Crippen LogP contribution is 2.23. The molecule has 0 bridgehead atoms. The van der Waals surface area contributed by atoms with Crippen molar-refractivity contribution in [2.75, 3.05) is 39.3 Å². The Labute approximate surface area is 133 Å². The van der Waals surface area contributed by atoms with Gasteiger partial charge >= 0.3 is 0 Å². The first-order chi connectivity index (χ1) is 10.2. The maximum Gasteiger partial charge on any atom is 0.0431 e. The number of nitrogens with zero attached hydrogens (tertiary/aromatic N) is 2. The lowest BCUT2D eigenvalue weighted by Crippen LogP contribution is -2.47. The molecule has 1 aromatic rings. The van der Waals surface area contributed by atoms with Crippen LogP contribution in [0, 0.1) is 0 Å². The van der Waals surface area contributed by atoms with Crippen LogP contribution in [-0.2, 0) is 0 Å². The maximum absolute atomic E-state index is 8.80. The largest absolute Gasteiger partial charge is 0.396 e. The minimum absolute atomic E-state index is 0.326. The zero-order valence-electron chi connectivity index (χ0n) is 13.0. The molecule has 1 aliphatic rings. The molecule has 0 saturated carbocycles. The Kier molecular flexibility index (Phi) is 6.97. The molecule has 0 spiro atoms. The van der Waals surface area contributed by atoms with E-state index in [2.05, 4.69) is 28.9 Å². The fraction of sp³-hybridized carbons (Fsp3) is 0.647. The summed E-state index contributed by atoms with van der Waals surface area (Å²) in [5.41, 5.74) is 1.34. The first kappa shape index (κ1) is 16.8. The summed E-state index contributed by atoms with van der Waals surface area (Å²) in [6.07, 6.45) is 3.28. The van der Waals surface area contributed by atoms with Gasteiger partial charge in [0.25, 0.3) is 0 Å². The molecule has 118 valence electrons. The highest BCUT2D eigenvalue weighted by Gasteiger charge is 2.21. The zero-order chi connectivity index (χ0) is 15.1. The predicted octanol–water partition coefficient (Wildman–Crippen LogP) is 3.18. The normalized spacial score (nSPS) is 18.8. The van der Waals surface area contributed by atoms with E-state index in [1.54, 1.807) is 0 Å². The zero-order valence-corrected chi connectivity index (χ0v) is 13.7. The monoisotopic (exact) mass is 310 g/mol. The molecular formula is C17H27ClN2O. The number of piperazine rings is 1. The van der Waals surface area contributed by atoms with E-state index >= 15 is 0 Å². The molecule has 1 aromatic carbocycles. The van der Waals surface area contributed by atoms with E-state index in [1.807, 2.05) is 12.1 Å². The molecule has 0 radical (unpaired) electrons. The Balaban J connectivity index is 1.74. The third-order valence-electron chi connectivity index (χ3n) is 4.44. The van der Waals surface area contributed by atoms with Crippen LogP contribution in [0.2, 0.25) is 5.02 Å². The molecule has 1 unspecified atom stereocenters. The second kappa shape index (κ2) is 8.74. The minimum atomic E-state index is 0.326. The van der Waals surface area contributed by atoms with Crippen LogP contribution in [0.4, 0.5) is 0 Å². The predicted molar refractivity (Wildman–Crippen MR) is 88.8 cm³/mol. The second-order valence-electron chi connectivity index (χ2n) is 5.89. The summed E-state index contributed by atoms with van der Waals surface area (Å²) in [4.78, 5) is 5.09. The Hall–Kier alpha value is -0.610. The van der Waals surface area contributed by atoms with E-state index < -0.39 is 0 Å². The summed E-state index contributed by atoms with van der Waals surface area (Å²) < 4.78 is 0. The van der Waals surface area contributed by atoms with Crippen LogP contribution in [0.3, 0.4) is 0 Å². The summed E-state index contributed by atoms with van der Waals surface area (Å²) in [5, 5.41) is 9.60. The minimum Gasteiger partial charge on any atom is -0.396 e. The first-order valence-electron chi connectivity index (χ1n) is 8.03. The van der Waals surface area contributed by atoms with Crippen LogP contribution in [0.1, 0.15) is 37.8 Å². The van der Waals surface area contributed by atoms with Gasteiger partial charge in [-0.3, -0.25) is 4.90 Å². The van der Waals surface area contributed by atoms with Crippen LogP contribution in [-0.4, -0.2) is 54.2 Å². The Morgan fingerprint density at radius 2 is 1.71 bits per heavy atom. The van der Waals surface area contributed by atoms with Gasteiger partial charge in [-0.05, 0) is 50.4 Å². The molecule has 1 heterocycles. The van der Waals surface area contributed by atoms with Crippen LogP contribution >= 0.6 is 11.6 Å². The van der Waals surface area contributed by atoms with Gasteiger partial charge in [-0.1, -0.05) is 23.7 Å². The van der Waals surface area contributed by atoms with Crippen LogP contribution in [0.5, 0.6) is 0 Å². The molecular weight excluding hydrogens is 284 g/mol. The molecule has 2 rings (SSSR count). The van der Waals surface area contributed by atoms with E-state index in [1.165, 1.54) is 18.5 Å². The van der Waals surface area contributed by atoms with Gasteiger partial charge in [-0.15, -0.1) is 0 Å². The van der Waals surface area contributed by atoms with E-state index in [0.717, 1.165) is 44.0 Å². The van der Waals surface area contributed by atoms with Crippen molar-refractivity contribution in [1.29, 1.82) is 0 Å². The summed E-state index contributed by atoms with van der Waals surface area (Å²) in [6.45, 7) is 8.33. The third kappa shape index (κ3) is 5.26. The SMILES string of the molecule is CC(c1ccc(Cl)cc1)N1CCN(CCCCCO)CC1. The number of hydrogen-bond donors (Lipinski definition) is 1. The van der Waals surface area contributed by atoms with Gasteiger partial charge in [0.05, 0.1) is 0 Å². The number of aliphatic hydroxyl groups excluding tert-OH is 1. The molecule has 0 aromatic heterocycles. The Morgan fingerprint density at radius 1 is 1.05 bits per heavy atom. The molecule has 1 fully saturated rings. The molecule has 1 saturated heterocycles. The summed E-state index contributed by atoms with van der Waals surface area (Å²) in [5.74, 6) is 0. The van der Waals surface area contributed by atoms with Crippen molar-refractivity contribution < 1.29 is 5.11 Å². The molecule has 21 heavy (non-hydrogen) atoms. The Morgan fingerprint density at radius 3 is 2.33 bits per heavy atom. The van der Waals surface area contributed by atoms with Crippen molar-refractivity contribution in [3.63, 3.8) is 0 Å². The second-order valence-corrected chi connectivity index (χ2v) is 6.33. The fourth-order valence-corrected chi connectivity index (χ4v) is 3.08. The van der Waals surface area contributed by atoms with Crippen LogP contribution in [0.25, 0.3) is 0 Å². The average Bonchev–Trinajstić information content (AvgIpc) is 2.52. The summed E-state index contributed by atoms with van der Waals surface area (Å²) in [7, 11) is 0. The van der Waals surface area contributed by atoms with Crippen LogP contribution in [0.15, 0.2) is 24.3 Å². The van der Waals surface area contributed by atoms with Gasteiger partial charge in [0.15, 0.2) is 0 Å². The van der Waals surface area contributed by atoms with E-state index in [4.69, 9.17) is 16.7 Å². The van der Waals surface area contributed by atoms with E-state index in [9.17, 15) is 0 Å². The maximum atomic E-state index is 8.80. The molecule has 0 aliphatic carbocycles. The number of unbranched alkanes of at least 4 members (excludes halogenated alkanes) is 2. The van der Waals surface area contributed by atoms with Gasteiger partial charge in [-0.25, -0.2) is 0 Å². The molecule has 4 heteroatoms. The van der Waals surface area contributed by atoms with Crippen molar-refractivity contribution in [2.45, 2.75) is 32.2 Å². The lowest BCUT2D eigenvalue weighted by atomic mass is 10.1. The first-order valence-corrected chi connectivity index (χ1v) is 8.41. The highest BCUT2D eigenvalue weighted by atomic mass is 35.5. The lowest BCUT2D eigenvalue weighted by Gasteiger charge is -2.38. The molecule has 1 N–H and O–H groups in total. The van der Waals surface area contributed by atoms with Crippen LogP contribution < -0.4 is 0 Å². The van der Waals surface area contributed by atoms with Gasteiger partial charge in [-0.2, -0.15) is 0 Å². The fourth-order valence-electron chi connectivity index (χ4n) is 2.95. The number of hydrogen-bond acceptors (Lipinski definition) is 3. The van der Waals surface area contributed by atoms with Crippen molar-refractivity contribution in [3.8, 4) is 0 Å². The van der Waals surface area contributed by atoms with Crippen molar-refractivity contribution in [1.82, 2.24) is 9.80 Å².